The Balaban J connectivity index is -0.0000000208. The van der Waals surface area contributed by atoms with Gasteiger partial charge in [0.25, 0.3) is 0 Å². The Morgan fingerprint density at radius 1 is 1.62 bits per heavy atom. The third-order valence-electron chi connectivity index (χ3n) is 0.415. The minimum absolute atomic E-state index is 0. The summed E-state index contributed by atoms with van der Waals surface area (Å²) < 4.78 is 9.75. The van der Waals surface area contributed by atoms with Crippen LogP contribution in [0.2, 0.25) is 0 Å². The molecular weight excluding hydrogens is 145 g/mol. The van der Waals surface area contributed by atoms with Gasteiger partial charge >= 0.3 is 67.1 Å². The Labute approximate surface area is 97.9 Å². The molecule has 0 aromatic rings. The van der Waals surface area contributed by atoms with Gasteiger partial charge in [-0.1, -0.05) is 6.92 Å². The van der Waals surface area contributed by atoms with Gasteiger partial charge in [-0.2, -0.15) is 4.89 Å². The second-order valence-corrected chi connectivity index (χ2v) is 2.23. The number of rotatable bonds is 2. The van der Waals surface area contributed by atoms with Crippen LogP contribution in [0, 0.1) is 0 Å². The predicted molar refractivity (Wildman–Crippen MR) is 27.2 cm³/mol. The van der Waals surface area contributed by atoms with E-state index in [0.29, 0.717) is 6.16 Å². The Kier molecular flexibility index (Phi) is 24.5. The van der Waals surface area contributed by atoms with Crippen molar-refractivity contribution in [2.75, 3.05) is 6.16 Å². The van der Waals surface area contributed by atoms with E-state index < -0.39 is 8.03 Å². The van der Waals surface area contributed by atoms with Crippen LogP contribution in [-0.4, -0.2) is 11.1 Å². The molecule has 0 amide bonds. The van der Waals surface area contributed by atoms with Crippen molar-refractivity contribution in [3.63, 3.8) is 0 Å². The molecule has 0 aliphatic rings. The van der Waals surface area contributed by atoms with Crippen molar-refractivity contribution < 1.29 is 71.4 Å². The van der Waals surface area contributed by atoms with Crippen LogP contribution in [-0.2, 0) is 4.57 Å². The molecule has 1 unspecified atom stereocenters. The Morgan fingerprint density at radius 2 is 2.00 bits per heavy atom. The van der Waals surface area contributed by atoms with Crippen molar-refractivity contribution in [1.82, 2.24) is 0 Å². The van der Waals surface area contributed by atoms with Crippen LogP contribution in [0.5, 0.6) is 0 Å². The molecule has 2 nitrogen and oxygen atoms in total. The zero-order chi connectivity index (χ0) is 4.99. The second kappa shape index (κ2) is 11.8. The van der Waals surface area contributed by atoms with Crippen LogP contribution in [0.15, 0.2) is 0 Å². The molecule has 0 rings (SSSR count). The minimum Gasteiger partial charge on any atom is -1.00 e. The largest absolute Gasteiger partial charge is 1.00 e. The molecule has 0 bridgehead atoms. The summed E-state index contributed by atoms with van der Waals surface area (Å²) in [6.07, 6.45) is 1.24. The maximum Gasteiger partial charge on any atom is 1.00 e. The Hall–Kier alpha value is 2.06. The molecule has 0 aromatic heterocycles. The van der Waals surface area contributed by atoms with Crippen molar-refractivity contribution in [2.24, 2.45) is 0 Å². The summed E-state index contributed by atoms with van der Waals surface area (Å²) in [5.74, 6) is 0. The van der Waals surface area contributed by atoms with E-state index in [2.05, 4.69) is 0 Å². The Morgan fingerprint density at radius 3 is 2.00 bits per heavy atom. The van der Waals surface area contributed by atoms with Gasteiger partial charge in [0, 0.05) is 0 Å². The normalized spacial score (nSPS) is 8.50. The van der Waals surface area contributed by atoms with Crippen LogP contribution >= 0.6 is 8.03 Å². The third-order valence-corrected chi connectivity index (χ3v) is 1.24. The van der Waals surface area contributed by atoms with Crippen LogP contribution in [0.3, 0.4) is 0 Å². The Bertz CT molecular complexity index is 66.5. The molecule has 0 aromatic carbocycles. The molecular formula is C3H10Na2O2P+. The van der Waals surface area contributed by atoms with E-state index in [-0.39, 0.29) is 62.0 Å². The summed E-state index contributed by atoms with van der Waals surface area (Å²) in [6.45, 7) is 1.88. The quantitative estimate of drug-likeness (QED) is 0.321. The molecule has 0 aliphatic heterocycles. The van der Waals surface area contributed by atoms with Gasteiger partial charge in [-0.3, -0.25) is 0 Å². The third kappa shape index (κ3) is 15.7. The van der Waals surface area contributed by atoms with Gasteiger partial charge in [0.05, 0.1) is 0 Å². The first-order valence-corrected chi connectivity index (χ1v) is 3.30. The number of hydrogen-bond acceptors (Lipinski definition) is 1. The zero-order valence-electron chi connectivity index (χ0n) is 7.72. The molecule has 0 aliphatic carbocycles. The van der Waals surface area contributed by atoms with E-state index in [1.165, 1.54) is 0 Å². The smallest absolute Gasteiger partial charge is 1.00 e. The van der Waals surface area contributed by atoms with Crippen LogP contribution in [0.4, 0.5) is 0 Å². The monoisotopic (exact) mass is 155 g/mol. The molecule has 8 heavy (non-hydrogen) atoms. The molecule has 0 saturated carbocycles. The second-order valence-electron chi connectivity index (χ2n) is 1.08. The topological polar surface area (TPSA) is 37.3 Å². The summed E-state index contributed by atoms with van der Waals surface area (Å²) in [7, 11) is -1.85. The van der Waals surface area contributed by atoms with E-state index in [9.17, 15) is 4.57 Å². The summed E-state index contributed by atoms with van der Waals surface area (Å²) in [6, 6.07) is 0. The van der Waals surface area contributed by atoms with E-state index in [1.807, 2.05) is 6.92 Å². The van der Waals surface area contributed by atoms with Crippen molar-refractivity contribution in [3.05, 3.63) is 0 Å². The predicted octanol–water partition coefficient (Wildman–Crippen LogP) is -4.64. The molecule has 0 saturated heterocycles. The molecule has 1 N–H and O–H groups in total. The molecule has 5 heteroatoms. The maximum absolute atomic E-state index is 9.75. The zero-order valence-corrected chi connectivity index (χ0v) is 10.6. The van der Waals surface area contributed by atoms with Gasteiger partial charge in [-0.25, -0.2) is 0 Å². The molecule has 0 radical (unpaired) electrons. The van der Waals surface area contributed by atoms with Crippen LogP contribution < -0.4 is 59.1 Å². The van der Waals surface area contributed by atoms with Gasteiger partial charge in [-0.15, -0.1) is 0 Å². The molecule has 1 atom stereocenters. The van der Waals surface area contributed by atoms with Crippen molar-refractivity contribution in [3.8, 4) is 0 Å². The first-order valence-electron chi connectivity index (χ1n) is 1.91. The van der Waals surface area contributed by atoms with E-state index >= 15 is 0 Å². The van der Waals surface area contributed by atoms with Crippen molar-refractivity contribution in [2.45, 2.75) is 13.3 Å². The van der Waals surface area contributed by atoms with E-state index in [1.54, 1.807) is 0 Å². The summed E-state index contributed by atoms with van der Waals surface area (Å²) in [4.78, 5) is 8.06. The SMILES string of the molecule is CCC[P+](=O)O.[H-].[H-].[Na+].[Na+]. The standard InChI is InChI=1S/C3H7O2P.2Na.2H/c1-2-3-6(4)5;;;;/h2-3H2,1H3;;;;/q;2*+1;2*-1/p+1. The molecule has 0 fully saturated rings. The van der Waals surface area contributed by atoms with E-state index in [4.69, 9.17) is 4.89 Å². The van der Waals surface area contributed by atoms with Gasteiger partial charge in [-0.05, 0) is 11.0 Å². The van der Waals surface area contributed by atoms with Crippen LogP contribution in [0.1, 0.15) is 16.2 Å². The van der Waals surface area contributed by atoms with E-state index in [0.717, 1.165) is 6.42 Å². The van der Waals surface area contributed by atoms with Crippen molar-refractivity contribution in [1.29, 1.82) is 0 Å². The first-order chi connectivity index (χ1) is 2.77. The van der Waals surface area contributed by atoms with Gasteiger partial charge in [0.15, 0.2) is 6.16 Å². The number of hydrogen-bond donors (Lipinski definition) is 1. The van der Waals surface area contributed by atoms with Gasteiger partial charge in [0.1, 0.15) is 0 Å². The summed E-state index contributed by atoms with van der Waals surface area (Å²) >= 11 is 0. The van der Waals surface area contributed by atoms with Crippen LogP contribution in [0.25, 0.3) is 0 Å². The fourth-order valence-corrected chi connectivity index (χ4v) is 0.574. The average Bonchev–Trinajstić information content (AvgIpc) is 1.35. The average molecular weight is 155 g/mol. The summed E-state index contributed by atoms with van der Waals surface area (Å²) in [5, 5.41) is 0. The van der Waals surface area contributed by atoms with Gasteiger partial charge in [0.2, 0.25) is 0 Å². The first kappa shape index (κ1) is 16.6. The maximum atomic E-state index is 9.75. The van der Waals surface area contributed by atoms with Gasteiger partial charge < -0.3 is 2.85 Å². The molecule has 0 heterocycles. The summed E-state index contributed by atoms with van der Waals surface area (Å²) in [5.41, 5.74) is 0. The fraction of sp³-hybridized carbons (Fsp3) is 1.00. The molecule has 40 valence electrons. The fourth-order valence-electron chi connectivity index (χ4n) is 0.191. The molecule has 0 spiro atoms. The minimum atomic E-state index is -1.85. The van der Waals surface area contributed by atoms with Crippen molar-refractivity contribution >= 4 is 8.03 Å².